The first kappa shape index (κ1) is 88.6. The topological polar surface area (TPSA) is 75.2 Å². The number of fused-ring (bicyclic) bond motifs is 33. The molecule has 3 atom stereocenters. The quantitative estimate of drug-likeness (QED) is 0.128. The lowest BCUT2D eigenvalue weighted by Crippen LogP contribution is -2.44. The molecule has 0 saturated heterocycles. The van der Waals surface area contributed by atoms with E-state index < -0.39 is 37.7 Å². The Morgan fingerprint density at radius 3 is 0.980 bits per heavy atom. The number of aromatic nitrogens is 3. The third-order valence-corrected chi connectivity index (χ3v) is 43.4. The number of hydrogen-bond donors (Lipinski definition) is 0. The summed E-state index contributed by atoms with van der Waals surface area (Å²) in [6, 6.07) is 188. The summed E-state index contributed by atoms with van der Waals surface area (Å²) in [5.74, 6) is 1.44. The summed E-state index contributed by atoms with van der Waals surface area (Å²) in [6.07, 6.45) is 0. The van der Waals surface area contributed by atoms with Crippen LogP contribution in [-0.2, 0) is 35.4 Å². The standard InChI is InChI=1S/C52H38NOP.C43H28NO2P.C43H28NOPS/c1-51(2)42-24-10-11-25-43(42)52(44-26-12-14-30-48(44)53-47-29-13-9-21-40(47)41-23-16-28-46(52)50(41)53)45-27-15-22-39(49(45)51)35-31-33-38(34-32-35)55(54,36-17-5-3-6-18-36)37-19-7-4-8-20-37;45-47(29-15-3-1-4-16-29,30-17-5-2-6-18-30)40-28-14-24-36-42(40)46-39-27-12-9-22-34(39)43(36)33-21-8-11-26-38(33)44-37-25-10-7-19-31(37)32-20-13-23-35(43)41(32)44;45-46(29-15-3-1-4-16-29,30-17-5-2-6-18-30)39-27-14-24-36-42(39)47-40-28-12-9-22-34(40)43(36)33-21-8-11-26-38(33)44-37-25-10-7-19-31(37)32-20-13-23-35(43)41(32)44/h3-34H,1-2H3;2*1-28H. The molecule has 0 bridgehead atoms. The third-order valence-electron chi connectivity index (χ3n) is 32.8. The Bertz CT molecular complexity index is 9520. The molecule has 25 aromatic rings. The molecule has 0 radical (unpaired) electrons. The van der Waals surface area contributed by atoms with Crippen molar-refractivity contribution in [3.8, 4) is 39.7 Å². The van der Waals surface area contributed by atoms with Crippen molar-refractivity contribution in [3.63, 3.8) is 0 Å². The van der Waals surface area contributed by atoms with Crippen molar-refractivity contribution in [1.82, 2.24) is 13.7 Å². The fraction of sp³-hybridized carbons (Fsp3) is 0.0435. The monoisotopic (exact) mass is 1980 g/mol. The Morgan fingerprint density at radius 2 is 0.523 bits per heavy atom. The Kier molecular flexibility index (Phi) is 20.1. The van der Waals surface area contributed by atoms with Crippen LogP contribution in [0.25, 0.3) is 93.6 Å². The summed E-state index contributed by atoms with van der Waals surface area (Å²) in [4.78, 5) is 2.27. The van der Waals surface area contributed by atoms with Crippen LogP contribution < -0.4 is 52.5 Å². The van der Waals surface area contributed by atoms with Gasteiger partial charge in [-0.15, -0.1) is 0 Å². The van der Waals surface area contributed by atoms with Gasteiger partial charge in [-0.05, 0) is 139 Å². The van der Waals surface area contributed by atoms with E-state index in [9.17, 15) is 0 Å². The molecule has 3 aromatic heterocycles. The second-order valence-corrected chi connectivity index (χ2v) is 49.5. The van der Waals surface area contributed by atoms with Gasteiger partial charge in [-0.1, -0.05) is 499 Å². The van der Waals surface area contributed by atoms with E-state index in [1.54, 1.807) is 11.8 Å². The minimum Gasteiger partial charge on any atom is -0.456 e. The van der Waals surface area contributed by atoms with Gasteiger partial charge >= 0.3 is 0 Å². The van der Waals surface area contributed by atoms with E-state index in [0.717, 1.165) is 75.5 Å². The molecule has 149 heavy (non-hydrogen) atoms. The van der Waals surface area contributed by atoms with Crippen molar-refractivity contribution in [2.45, 2.75) is 45.3 Å². The van der Waals surface area contributed by atoms with Crippen LogP contribution >= 0.6 is 33.2 Å². The van der Waals surface area contributed by atoms with Gasteiger partial charge in [0.15, 0.2) is 21.4 Å². The molecule has 706 valence electrons. The van der Waals surface area contributed by atoms with Crippen molar-refractivity contribution in [2.24, 2.45) is 0 Å². The first-order valence-corrected chi connectivity index (χ1v) is 57.0. The molecule has 11 heteroatoms. The first-order chi connectivity index (χ1) is 73.4. The maximum atomic E-state index is 16.0. The van der Waals surface area contributed by atoms with Crippen LogP contribution in [0.2, 0.25) is 0 Å². The van der Waals surface area contributed by atoms with E-state index in [0.29, 0.717) is 11.1 Å². The molecule has 0 saturated carbocycles. The van der Waals surface area contributed by atoms with E-state index >= 15 is 13.7 Å². The zero-order valence-electron chi connectivity index (χ0n) is 81.5. The molecule has 7 nitrogen and oxygen atoms in total. The van der Waals surface area contributed by atoms with E-state index in [2.05, 4.69) is 367 Å². The molecular formula is C138H94N3O4P3S. The maximum Gasteiger partial charge on any atom is 0.174 e. The highest BCUT2D eigenvalue weighted by molar-refractivity contribution is 8.00. The van der Waals surface area contributed by atoms with Gasteiger partial charge in [0.2, 0.25) is 0 Å². The predicted octanol–water partition coefficient (Wildman–Crippen LogP) is 30.2. The fourth-order valence-corrected chi connectivity index (χ4v) is 36.7. The van der Waals surface area contributed by atoms with Gasteiger partial charge < -0.3 is 32.1 Å². The van der Waals surface area contributed by atoms with Gasteiger partial charge in [0, 0.05) is 101 Å². The highest BCUT2D eigenvalue weighted by Crippen LogP contribution is 2.67. The lowest BCUT2D eigenvalue weighted by Gasteiger charge is -2.50. The van der Waals surface area contributed by atoms with Crippen LogP contribution in [0.4, 0.5) is 0 Å². The average molecular weight is 1980 g/mol. The van der Waals surface area contributed by atoms with Crippen LogP contribution in [0, 0.1) is 0 Å². The van der Waals surface area contributed by atoms with Gasteiger partial charge in [0.25, 0.3) is 0 Å². The van der Waals surface area contributed by atoms with E-state index in [4.69, 9.17) is 4.74 Å². The molecule has 0 fully saturated rings. The summed E-state index contributed by atoms with van der Waals surface area (Å²) < 4.78 is 61.7. The second kappa shape index (κ2) is 33.8. The van der Waals surface area contributed by atoms with Gasteiger partial charge in [-0.2, -0.15) is 0 Å². The van der Waals surface area contributed by atoms with Gasteiger partial charge in [-0.3, -0.25) is 0 Å². The van der Waals surface area contributed by atoms with Crippen LogP contribution in [-0.4, -0.2) is 13.7 Å². The Labute approximate surface area is 868 Å². The molecule has 3 spiro atoms. The lowest BCUT2D eigenvalue weighted by atomic mass is 9.52. The minimum absolute atomic E-state index is 0.317. The summed E-state index contributed by atoms with van der Waals surface area (Å²) in [5.41, 5.74) is 28.3. The minimum atomic E-state index is -3.38. The molecule has 3 unspecified atom stereocenters. The molecule has 1 aliphatic carbocycles. The van der Waals surface area contributed by atoms with Crippen molar-refractivity contribution in [2.75, 3.05) is 0 Å². The Hall–Kier alpha value is -16.9. The Balaban J connectivity index is 0.000000106. The summed E-state index contributed by atoms with van der Waals surface area (Å²) >= 11 is 1.76. The van der Waals surface area contributed by atoms with Crippen molar-refractivity contribution < 1.29 is 18.4 Å². The number of benzene rings is 22. The highest BCUT2D eigenvalue weighted by Gasteiger charge is 2.57. The average Bonchev–Trinajstić information content (AvgIpc) is 1.64. The van der Waals surface area contributed by atoms with Gasteiger partial charge in [0.1, 0.15) is 11.5 Å². The number of rotatable bonds is 10. The van der Waals surface area contributed by atoms with Crippen molar-refractivity contribution in [1.29, 1.82) is 0 Å². The van der Waals surface area contributed by atoms with E-state index in [1.165, 1.54) is 154 Å². The SMILES string of the molecule is CC1(C)c2ccccc2C2(c3ccccc3-n3c4ccccc4c4cccc2c43)c2cccc(-c3ccc(P(=O)(c4ccccc4)c4ccccc4)cc3)c21.O=P(c1ccccc1)(c1ccccc1)c1cccc2c1Oc1ccccc1C21c2ccccc2-n2c3ccccc3c3cccc1c32.O=P(c1ccccc1)(c1ccccc1)c1cccc2c1Sc1ccccc1C21c2ccccc2-n2c3ccccc3c3cccc1c32. The second-order valence-electron chi connectivity index (χ2n) is 40.3. The molecule has 0 amide bonds. The maximum absolute atomic E-state index is 16.0. The van der Waals surface area contributed by atoms with Gasteiger partial charge in [0.05, 0.1) is 71.7 Å². The molecule has 22 aromatic carbocycles. The number of hydrogen-bond acceptors (Lipinski definition) is 5. The van der Waals surface area contributed by atoms with E-state index in [1.807, 2.05) is 194 Å². The van der Waals surface area contributed by atoms with Gasteiger partial charge in [-0.25, -0.2) is 0 Å². The first-order valence-electron chi connectivity index (χ1n) is 51.1. The highest BCUT2D eigenvalue weighted by atomic mass is 32.2. The lowest BCUT2D eigenvalue weighted by molar-refractivity contribution is 0.437. The fourth-order valence-electron chi connectivity index (χ4n) is 26.8. The number of para-hydroxylation sites is 11. The van der Waals surface area contributed by atoms with Crippen molar-refractivity contribution >= 4 is 146 Å². The summed E-state index contributed by atoms with van der Waals surface area (Å²) in [5, 5.41) is 14.9. The number of nitrogens with zero attached hydrogens (tertiary/aromatic N) is 3. The molecule has 31 rings (SSSR count). The summed E-state index contributed by atoms with van der Waals surface area (Å²) in [6.45, 7) is 4.78. The predicted molar refractivity (Wildman–Crippen MR) is 618 cm³/mol. The zero-order valence-corrected chi connectivity index (χ0v) is 85.0. The summed E-state index contributed by atoms with van der Waals surface area (Å²) in [7, 11) is -9.77. The Morgan fingerprint density at radius 1 is 0.221 bits per heavy atom. The largest absolute Gasteiger partial charge is 0.456 e. The normalized spacial score (nSPS) is 16.2. The third kappa shape index (κ3) is 12.3. The molecule has 6 aliphatic rings. The number of ether oxygens (including phenoxy) is 1. The zero-order chi connectivity index (χ0) is 99.3. The molecular weight excluding hydrogens is 1890 g/mol. The van der Waals surface area contributed by atoms with Crippen molar-refractivity contribution in [3.05, 3.63) is 612 Å². The van der Waals surface area contributed by atoms with Crippen LogP contribution in [0.15, 0.2) is 544 Å². The molecule has 8 heterocycles. The van der Waals surface area contributed by atoms with E-state index in [-0.39, 0.29) is 5.41 Å². The molecule has 0 N–H and O–H groups in total. The van der Waals surface area contributed by atoms with Crippen LogP contribution in [0.1, 0.15) is 91.7 Å². The van der Waals surface area contributed by atoms with Crippen LogP contribution in [0.5, 0.6) is 11.5 Å². The smallest absolute Gasteiger partial charge is 0.174 e. The van der Waals surface area contributed by atoms with Crippen LogP contribution in [0.3, 0.4) is 0 Å². The molecule has 5 aliphatic heterocycles.